The number of rotatable bonds is 7. The summed E-state index contributed by atoms with van der Waals surface area (Å²) >= 11 is 0. The van der Waals surface area contributed by atoms with Gasteiger partial charge in [-0.1, -0.05) is 6.92 Å². The largest absolute Gasteiger partial charge is 0.465 e. The molecule has 1 atom stereocenters. The topological polar surface area (TPSA) is 37.6 Å². The minimum Gasteiger partial charge on any atom is -0.465 e. The lowest BCUT2D eigenvalue weighted by Crippen LogP contribution is -2.43. The van der Waals surface area contributed by atoms with Gasteiger partial charge in [0.15, 0.2) is 0 Å². The number of nitrogens with one attached hydrogen (secondary N) is 1. The van der Waals surface area contributed by atoms with Crippen molar-refractivity contribution in [3.05, 3.63) is 23.7 Å². The molecule has 0 radical (unpaired) electrons. The first-order valence-corrected chi connectivity index (χ1v) is 7.16. The fourth-order valence-electron chi connectivity index (χ4n) is 2.82. The van der Waals surface area contributed by atoms with E-state index in [2.05, 4.69) is 30.3 Å². The van der Waals surface area contributed by atoms with Gasteiger partial charge in [0.2, 0.25) is 0 Å². The number of hydrogen-bond acceptors (Lipinski definition) is 4. The predicted octanol–water partition coefficient (Wildman–Crippen LogP) is 2.04. The first kappa shape index (κ1) is 14.6. The predicted molar refractivity (Wildman–Crippen MR) is 76.2 cm³/mol. The van der Waals surface area contributed by atoms with Crippen molar-refractivity contribution < 1.29 is 9.15 Å². The molecule has 0 saturated carbocycles. The Hall–Kier alpha value is -0.840. The van der Waals surface area contributed by atoms with Crippen molar-refractivity contribution in [3.8, 4) is 0 Å². The van der Waals surface area contributed by atoms with Crippen LogP contribution >= 0.6 is 0 Å². The molecule has 1 aliphatic heterocycles. The highest BCUT2D eigenvalue weighted by molar-refractivity contribution is 5.05. The molecule has 1 aromatic heterocycles. The zero-order valence-electron chi connectivity index (χ0n) is 12.4. The maximum Gasteiger partial charge on any atom is 0.118 e. The molecular weight excluding hydrogens is 240 g/mol. The van der Waals surface area contributed by atoms with Gasteiger partial charge in [-0.3, -0.25) is 4.90 Å². The maximum atomic E-state index is 5.64. The molecule has 0 aromatic carbocycles. The summed E-state index contributed by atoms with van der Waals surface area (Å²) in [5, 5.41) is 3.47. The SMILES string of the molecule is CCNCC1(CN(C)Cc2ccc(C)o2)CCOC1. The fourth-order valence-corrected chi connectivity index (χ4v) is 2.82. The average Bonchev–Trinajstić information content (AvgIpc) is 2.97. The Morgan fingerprint density at radius 2 is 2.26 bits per heavy atom. The van der Waals surface area contributed by atoms with Crippen LogP contribution in [0.15, 0.2) is 16.5 Å². The summed E-state index contributed by atoms with van der Waals surface area (Å²) < 4.78 is 11.3. The number of furan rings is 1. The van der Waals surface area contributed by atoms with E-state index in [0.717, 1.165) is 57.3 Å². The summed E-state index contributed by atoms with van der Waals surface area (Å²) in [6, 6.07) is 4.09. The van der Waals surface area contributed by atoms with Crippen molar-refractivity contribution >= 4 is 0 Å². The number of aryl methyl sites for hydroxylation is 1. The Morgan fingerprint density at radius 1 is 1.42 bits per heavy atom. The van der Waals surface area contributed by atoms with Crippen LogP contribution in [0.25, 0.3) is 0 Å². The van der Waals surface area contributed by atoms with Gasteiger partial charge in [-0.2, -0.15) is 0 Å². The lowest BCUT2D eigenvalue weighted by Gasteiger charge is -2.32. The minimum atomic E-state index is 0.256. The van der Waals surface area contributed by atoms with E-state index in [-0.39, 0.29) is 5.41 Å². The van der Waals surface area contributed by atoms with Gasteiger partial charge in [-0.15, -0.1) is 0 Å². The second-order valence-electron chi connectivity index (χ2n) is 5.77. The highest BCUT2D eigenvalue weighted by Crippen LogP contribution is 2.29. The van der Waals surface area contributed by atoms with Gasteiger partial charge in [0, 0.05) is 25.1 Å². The van der Waals surface area contributed by atoms with Gasteiger partial charge in [-0.05, 0) is 39.1 Å². The van der Waals surface area contributed by atoms with Crippen molar-refractivity contribution in [1.29, 1.82) is 0 Å². The molecule has 0 amide bonds. The Bertz CT molecular complexity index is 383. The fraction of sp³-hybridized carbons (Fsp3) is 0.733. The normalized spacial score (nSPS) is 23.4. The van der Waals surface area contributed by atoms with Crippen LogP contribution in [-0.4, -0.2) is 44.8 Å². The van der Waals surface area contributed by atoms with Crippen molar-refractivity contribution in [2.24, 2.45) is 5.41 Å². The third-order valence-electron chi connectivity index (χ3n) is 3.76. The highest BCUT2D eigenvalue weighted by Gasteiger charge is 2.35. The molecule has 2 heterocycles. The average molecular weight is 266 g/mol. The molecule has 0 spiro atoms. The van der Waals surface area contributed by atoms with Gasteiger partial charge >= 0.3 is 0 Å². The van der Waals surface area contributed by atoms with Crippen LogP contribution < -0.4 is 5.32 Å². The Morgan fingerprint density at radius 3 is 2.84 bits per heavy atom. The van der Waals surface area contributed by atoms with E-state index in [9.17, 15) is 0 Å². The van der Waals surface area contributed by atoms with E-state index < -0.39 is 0 Å². The second-order valence-corrected chi connectivity index (χ2v) is 5.77. The summed E-state index contributed by atoms with van der Waals surface area (Å²) in [4.78, 5) is 2.34. The third kappa shape index (κ3) is 4.06. The van der Waals surface area contributed by atoms with Gasteiger partial charge in [-0.25, -0.2) is 0 Å². The number of ether oxygens (including phenoxy) is 1. The first-order chi connectivity index (χ1) is 9.13. The lowest BCUT2D eigenvalue weighted by atomic mass is 9.86. The second kappa shape index (κ2) is 6.55. The van der Waals surface area contributed by atoms with Crippen LogP contribution in [0, 0.1) is 12.3 Å². The highest BCUT2D eigenvalue weighted by atomic mass is 16.5. The zero-order chi connectivity index (χ0) is 13.7. The minimum absolute atomic E-state index is 0.256. The van der Waals surface area contributed by atoms with Crippen LogP contribution in [-0.2, 0) is 11.3 Å². The summed E-state index contributed by atoms with van der Waals surface area (Å²) in [6.07, 6.45) is 1.14. The molecule has 2 rings (SSSR count). The molecule has 1 aromatic rings. The Balaban J connectivity index is 1.89. The molecule has 108 valence electrons. The molecule has 4 heteroatoms. The van der Waals surface area contributed by atoms with Gasteiger partial charge in [0.05, 0.1) is 13.2 Å². The summed E-state index contributed by atoms with van der Waals surface area (Å²) in [6.45, 7) is 9.84. The van der Waals surface area contributed by atoms with Crippen LogP contribution in [0.4, 0.5) is 0 Å². The molecule has 1 unspecified atom stereocenters. The maximum absolute atomic E-state index is 5.64. The van der Waals surface area contributed by atoms with Crippen molar-refractivity contribution in [2.75, 3.05) is 39.9 Å². The van der Waals surface area contributed by atoms with Crippen molar-refractivity contribution in [2.45, 2.75) is 26.8 Å². The Labute approximate surface area is 116 Å². The molecule has 1 aliphatic rings. The lowest BCUT2D eigenvalue weighted by molar-refractivity contribution is 0.114. The van der Waals surface area contributed by atoms with Gasteiger partial charge in [0.25, 0.3) is 0 Å². The van der Waals surface area contributed by atoms with Crippen LogP contribution in [0.3, 0.4) is 0 Å². The Kier molecular flexibility index (Phi) is 5.02. The molecular formula is C15H26N2O2. The van der Waals surface area contributed by atoms with E-state index in [4.69, 9.17) is 9.15 Å². The third-order valence-corrected chi connectivity index (χ3v) is 3.76. The first-order valence-electron chi connectivity index (χ1n) is 7.16. The molecule has 0 bridgehead atoms. The number of hydrogen-bond donors (Lipinski definition) is 1. The molecule has 0 aliphatic carbocycles. The van der Waals surface area contributed by atoms with Crippen LogP contribution in [0.5, 0.6) is 0 Å². The molecule has 19 heavy (non-hydrogen) atoms. The van der Waals surface area contributed by atoms with E-state index in [0.29, 0.717) is 0 Å². The van der Waals surface area contributed by atoms with E-state index in [1.807, 2.05) is 13.0 Å². The van der Waals surface area contributed by atoms with E-state index in [1.165, 1.54) is 0 Å². The monoisotopic (exact) mass is 266 g/mol. The smallest absolute Gasteiger partial charge is 0.118 e. The van der Waals surface area contributed by atoms with Crippen molar-refractivity contribution in [1.82, 2.24) is 10.2 Å². The molecule has 1 fully saturated rings. The molecule has 4 nitrogen and oxygen atoms in total. The molecule has 1 saturated heterocycles. The van der Waals surface area contributed by atoms with Crippen LogP contribution in [0.1, 0.15) is 24.9 Å². The van der Waals surface area contributed by atoms with E-state index in [1.54, 1.807) is 0 Å². The van der Waals surface area contributed by atoms with E-state index >= 15 is 0 Å². The zero-order valence-corrected chi connectivity index (χ0v) is 12.4. The number of nitrogens with zero attached hydrogens (tertiary/aromatic N) is 1. The van der Waals surface area contributed by atoms with Gasteiger partial charge < -0.3 is 14.5 Å². The quantitative estimate of drug-likeness (QED) is 0.819. The molecule has 1 N–H and O–H groups in total. The van der Waals surface area contributed by atoms with Gasteiger partial charge in [0.1, 0.15) is 11.5 Å². The summed E-state index contributed by atoms with van der Waals surface area (Å²) in [7, 11) is 2.16. The van der Waals surface area contributed by atoms with Crippen molar-refractivity contribution in [3.63, 3.8) is 0 Å². The van der Waals surface area contributed by atoms with Crippen LogP contribution in [0.2, 0.25) is 0 Å². The standard InChI is InChI=1S/C15H26N2O2/c1-4-16-10-15(7-8-18-12-15)11-17(3)9-14-6-5-13(2)19-14/h5-6,16H,4,7-12H2,1-3H3. The summed E-state index contributed by atoms with van der Waals surface area (Å²) in [5.74, 6) is 2.02. The summed E-state index contributed by atoms with van der Waals surface area (Å²) in [5.41, 5.74) is 0.256.